The third kappa shape index (κ3) is 6.99. The van der Waals surface area contributed by atoms with Gasteiger partial charge in [0.1, 0.15) is 5.82 Å². The average molecular weight is 341 g/mol. The Labute approximate surface area is 146 Å². The number of aryl methyl sites for hydroxylation is 1. The zero-order valence-electron chi connectivity index (χ0n) is 14.0. The molecule has 1 N–H and O–H groups in total. The van der Waals surface area contributed by atoms with Crippen LogP contribution in [0.3, 0.4) is 0 Å². The van der Waals surface area contributed by atoms with Gasteiger partial charge in [0.15, 0.2) is 6.61 Å². The van der Waals surface area contributed by atoms with Crippen molar-refractivity contribution in [2.45, 2.75) is 13.3 Å². The van der Waals surface area contributed by atoms with Crippen molar-refractivity contribution in [3.05, 3.63) is 77.1 Å². The zero-order valence-corrected chi connectivity index (χ0v) is 14.0. The van der Waals surface area contributed by atoms with Crippen molar-refractivity contribution in [2.24, 2.45) is 0 Å². The fourth-order valence-corrected chi connectivity index (χ4v) is 2.07. The minimum absolute atomic E-state index is 0.293. The SMILES string of the molecule is Cc1ccc(/C=C/C(=O)OCC(=O)NCCc2ccc(F)cc2)cc1. The lowest BCUT2D eigenvalue weighted by Gasteiger charge is -2.05. The quantitative estimate of drug-likeness (QED) is 0.622. The van der Waals surface area contributed by atoms with E-state index in [-0.39, 0.29) is 18.3 Å². The van der Waals surface area contributed by atoms with Gasteiger partial charge in [0, 0.05) is 12.6 Å². The van der Waals surface area contributed by atoms with Crippen LogP contribution in [-0.4, -0.2) is 25.0 Å². The highest BCUT2D eigenvalue weighted by atomic mass is 19.1. The molecule has 5 heteroatoms. The highest BCUT2D eigenvalue weighted by molar-refractivity contribution is 5.89. The van der Waals surface area contributed by atoms with Gasteiger partial charge in [-0.3, -0.25) is 4.79 Å². The van der Waals surface area contributed by atoms with Crippen molar-refractivity contribution in [1.82, 2.24) is 5.32 Å². The summed E-state index contributed by atoms with van der Waals surface area (Å²) >= 11 is 0. The highest BCUT2D eigenvalue weighted by Crippen LogP contribution is 2.05. The number of amides is 1. The Kier molecular flexibility index (Phi) is 6.89. The smallest absolute Gasteiger partial charge is 0.331 e. The summed E-state index contributed by atoms with van der Waals surface area (Å²) in [6.07, 6.45) is 3.50. The van der Waals surface area contributed by atoms with Gasteiger partial charge in [-0.1, -0.05) is 42.0 Å². The standard InChI is InChI=1S/C20H20FNO3/c1-15-2-4-16(5-3-15)8-11-20(24)25-14-19(23)22-13-12-17-6-9-18(21)10-7-17/h2-11H,12-14H2,1H3,(H,22,23)/b11-8+. The predicted octanol–water partition coefficient (Wildman–Crippen LogP) is 3.05. The second-order valence-corrected chi connectivity index (χ2v) is 5.58. The van der Waals surface area contributed by atoms with Crippen molar-refractivity contribution in [2.75, 3.05) is 13.2 Å². The van der Waals surface area contributed by atoms with Crippen LogP contribution in [0.4, 0.5) is 4.39 Å². The Bertz CT molecular complexity index is 737. The number of nitrogens with one attached hydrogen (secondary N) is 1. The van der Waals surface area contributed by atoms with Gasteiger partial charge < -0.3 is 10.1 Å². The molecule has 0 atom stereocenters. The van der Waals surface area contributed by atoms with Crippen LogP contribution in [0.2, 0.25) is 0 Å². The van der Waals surface area contributed by atoms with E-state index in [0.717, 1.165) is 16.7 Å². The molecule has 0 radical (unpaired) electrons. The Balaban J connectivity index is 1.66. The summed E-state index contributed by atoms with van der Waals surface area (Å²) in [6.45, 7) is 2.04. The molecule has 2 aromatic carbocycles. The number of hydrogen-bond acceptors (Lipinski definition) is 3. The number of hydrogen-bond donors (Lipinski definition) is 1. The molecule has 25 heavy (non-hydrogen) atoms. The molecule has 4 nitrogen and oxygen atoms in total. The molecule has 0 spiro atoms. The van der Waals surface area contributed by atoms with E-state index in [4.69, 9.17) is 4.74 Å². The van der Waals surface area contributed by atoms with Gasteiger partial charge in [-0.25, -0.2) is 9.18 Å². The molecule has 0 aliphatic carbocycles. The first-order valence-corrected chi connectivity index (χ1v) is 7.95. The summed E-state index contributed by atoms with van der Waals surface area (Å²) in [5, 5.41) is 2.65. The molecule has 1 amide bonds. The van der Waals surface area contributed by atoms with Crippen LogP contribution in [-0.2, 0) is 20.7 Å². The predicted molar refractivity (Wildman–Crippen MR) is 94.3 cm³/mol. The lowest BCUT2D eigenvalue weighted by atomic mass is 10.1. The molecule has 0 saturated heterocycles. The maximum absolute atomic E-state index is 12.8. The first-order chi connectivity index (χ1) is 12.0. The monoisotopic (exact) mass is 341 g/mol. The summed E-state index contributed by atoms with van der Waals surface area (Å²) in [4.78, 5) is 23.2. The van der Waals surface area contributed by atoms with Gasteiger partial charge in [-0.2, -0.15) is 0 Å². The lowest BCUT2D eigenvalue weighted by Crippen LogP contribution is -2.30. The van der Waals surface area contributed by atoms with Gasteiger partial charge in [0.25, 0.3) is 5.91 Å². The van der Waals surface area contributed by atoms with E-state index in [1.807, 2.05) is 31.2 Å². The Morgan fingerprint density at radius 3 is 2.44 bits per heavy atom. The van der Waals surface area contributed by atoms with E-state index >= 15 is 0 Å². The first-order valence-electron chi connectivity index (χ1n) is 7.95. The molecule has 0 heterocycles. The van der Waals surface area contributed by atoms with Gasteiger partial charge in [0.2, 0.25) is 0 Å². The Hall–Kier alpha value is -2.95. The molecular weight excluding hydrogens is 321 g/mol. The van der Waals surface area contributed by atoms with Crippen LogP contribution in [0, 0.1) is 12.7 Å². The highest BCUT2D eigenvalue weighted by Gasteiger charge is 2.04. The fourth-order valence-electron chi connectivity index (χ4n) is 2.07. The summed E-state index contributed by atoms with van der Waals surface area (Å²) in [7, 11) is 0. The number of rotatable bonds is 7. The summed E-state index contributed by atoms with van der Waals surface area (Å²) in [5.74, 6) is -1.24. The molecule has 2 rings (SSSR count). The number of ether oxygens (including phenoxy) is 1. The van der Waals surface area contributed by atoms with E-state index in [9.17, 15) is 14.0 Å². The summed E-state index contributed by atoms with van der Waals surface area (Å²) < 4.78 is 17.7. The molecule has 0 bridgehead atoms. The zero-order chi connectivity index (χ0) is 18.1. The number of halogens is 1. The van der Waals surface area contributed by atoms with Gasteiger partial charge in [0.05, 0.1) is 0 Å². The van der Waals surface area contributed by atoms with Gasteiger partial charge in [-0.05, 0) is 42.7 Å². The largest absolute Gasteiger partial charge is 0.452 e. The molecule has 130 valence electrons. The van der Waals surface area contributed by atoms with Crippen LogP contribution >= 0.6 is 0 Å². The van der Waals surface area contributed by atoms with E-state index in [1.165, 1.54) is 18.2 Å². The van der Waals surface area contributed by atoms with Crippen LogP contribution in [0.5, 0.6) is 0 Å². The Morgan fingerprint density at radius 1 is 1.08 bits per heavy atom. The number of carbonyl (C=O) groups is 2. The summed E-state index contributed by atoms with van der Waals surface area (Å²) in [5.41, 5.74) is 2.93. The minimum Gasteiger partial charge on any atom is -0.452 e. The lowest BCUT2D eigenvalue weighted by molar-refractivity contribution is -0.143. The van der Waals surface area contributed by atoms with Crippen LogP contribution in [0.25, 0.3) is 6.08 Å². The van der Waals surface area contributed by atoms with Gasteiger partial charge in [-0.15, -0.1) is 0 Å². The van der Waals surface area contributed by atoms with Crippen molar-refractivity contribution in [3.63, 3.8) is 0 Å². The van der Waals surface area contributed by atoms with E-state index in [1.54, 1.807) is 18.2 Å². The van der Waals surface area contributed by atoms with Crippen molar-refractivity contribution >= 4 is 18.0 Å². The maximum atomic E-state index is 12.8. The molecule has 0 unspecified atom stereocenters. The third-order valence-corrected chi connectivity index (χ3v) is 3.48. The average Bonchev–Trinajstić information content (AvgIpc) is 2.61. The number of benzene rings is 2. The molecular formula is C20H20FNO3. The number of carbonyl (C=O) groups excluding carboxylic acids is 2. The van der Waals surface area contributed by atoms with Crippen LogP contribution < -0.4 is 5.32 Å². The molecule has 2 aromatic rings. The first kappa shape index (κ1) is 18.4. The Morgan fingerprint density at radius 2 is 1.76 bits per heavy atom. The van der Waals surface area contributed by atoms with Crippen LogP contribution in [0.1, 0.15) is 16.7 Å². The van der Waals surface area contributed by atoms with Gasteiger partial charge >= 0.3 is 5.97 Å². The number of esters is 1. The van der Waals surface area contributed by atoms with E-state index in [2.05, 4.69) is 5.32 Å². The van der Waals surface area contributed by atoms with E-state index < -0.39 is 5.97 Å². The molecule has 0 saturated carbocycles. The molecule has 0 aliphatic heterocycles. The minimum atomic E-state index is -0.575. The summed E-state index contributed by atoms with van der Waals surface area (Å²) in [6, 6.07) is 13.7. The fraction of sp³-hybridized carbons (Fsp3) is 0.200. The van der Waals surface area contributed by atoms with Crippen LogP contribution in [0.15, 0.2) is 54.6 Å². The second-order valence-electron chi connectivity index (χ2n) is 5.58. The molecule has 0 fully saturated rings. The molecule has 0 aliphatic rings. The maximum Gasteiger partial charge on any atom is 0.331 e. The second kappa shape index (κ2) is 9.37. The van der Waals surface area contributed by atoms with Crippen molar-refractivity contribution in [3.8, 4) is 0 Å². The third-order valence-electron chi connectivity index (χ3n) is 3.48. The van der Waals surface area contributed by atoms with Crippen molar-refractivity contribution < 1.29 is 18.7 Å². The van der Waals surface area contributed by atoms with Crippen molar-refractivity contribution in [1.29, 1.82) is 0 Å². The van der Waals surface area contributed by atoms with E-state index in [0.29, 0.717) is 13.0 Å². The molecule has 0 aromatic heterocycles. The topological polar surface area (TPSA) is 55.4 Å². The normalized spacial score (nSPS) is 10.6.